The molecule has 0 radical (unpaired) electrons. The van der Waals surface area contributed by atoms with Crippen molar-refractivity contribution in [3.63, 3.8) is 0 Å². The maximum Gasteiger partial charge on any atom is 0.266 e. The molecule has 34 heavy (non-hydrogen) atoms. The molecule has 0 amide bonds. The molecule has 1 aliphatic rings. The molecule has 1 fully saturated rings. The Labute approximate surface area is 196 Å². The highest BCUT2D eigenvalue weighted by molar-refractivity contribution is 5.81. The van der Waals surface area contributed by atoms with Gasteiger partial charge in [0, 0.05) is 23.5 Å². The van der Waals surface area contributed by atoms with E-state index in [4.69, 9.17) is 14.5 Å². The standard InChI is InChI=1S/C27H24FN3O3/c1-33-22-10-6-7-18(26(22)34-20-8-2-3-9-20)12-14-21-25(19-13-15-23(28)29-17-19)27(32)31-16-5-4-11-24(31)30-21/h4-7,10-17,20H,2-3,8-9H2,1H3/b14-12+. The van der Waals surface area contributed by atoms with Crippen LogP contribution in [0.1, 0.15) is 36.9 Å². The molecule has 3 heterocycles. The van der Waals surface area contributed by atoms with E-state index in [-0.39, 0.29) is 11.7 Å². The van der Waals surface area contributed by atoms with Gasteiger partial charge in [-0.05, 0) is 68.2 Å². The van der Waals surface area contributed by atoms with E-state index in [0.717, 1.165) is 31.2 Å². The molecule has 3 aromatic heterocycles. The first-order valence-corrected chi connectivity index (χ1v) is 11.3. The van der Waals surface area contributed by atoms with Gasteiger partial charge < -0.3 is 9.47 Å². The van der Waals surface area contributed by atoms with Crippen molar-refractivity contribution in [3.05, 3.63) is 88.5 Å². The molecule has 0 atom stereocenters. The summed E-state index contributed by atoms with van der Waals surface area (Å²) >= 11 is 0. The quantitative estimate of drug-likeness (QED) is 0.363. The molecule has 1 aliphatic carbocycles. The first-order valence-electron chi connectivity index (χ1n) is 11.3. The second-order valence-electron chi connectivity index (χ2n) is 8.21. The van der Waals surface area contributed by atoms with Crippen LogP contribution >= 0.6 is 0 Å². The first kappa shape index (κ1) is 21.8. The lowest BCUT2D eigenvalue weighted by Crippen LogP contribution is -2.18. The average Bonchev–Trinajstić information content (AvgIpc) is 3.37. The van der Waals surface area contributed by atoms with E-state index in [0.29, 0.717) is 34.0 Å². The highest BCUT2D eigenvalue weighted by Gasteiger charge is 2.20. The molecular weight excluding hydrogens is 433 g/mol. The lowest BCUT2D eigenvalue weighted by Gasteiger charge is -2.18. The molecule has 172 valence electrons. The number of nitrogens with zero attached hydrogens (tertiary/aromatic N) is 3. The van der Waals surface area contributed by atoms with Gasteiger partial charge in [0.25, 0.3) is 5.56 Å². The van der Waals surface area contributed by atoms with Crippen LogP contribution in [0.3, 0.4) is 0 Å². The molecule has 5 rings (SSSR count). The number of fused-ring (bicyclic) bond motifs is 1. The SMILES string of the molecule is COc1cccc(/C=C/c2nc3ccccn3c(=O)c2-c2ccc(F)nc2)c1OC1CCCC1. The highest BCUT2D eigenvalue weighted by atomic mass is 19.1. The van der Waals surface area contributed by atoms with E-state index < -0.39 is 5.95 Å². The number of halogens is 1. The van der Waals surface area contributed by atoms with E-state index in [9.17, 15) is 9.18 Å². The summed E-state index contributed by atoms with van der Waals surface area (Å²) in [4.78, 5) is 21.8. The largest absolute Gasteiger partial charge is 0.493 e. The number of rotatable bonds is 6. The van der Waals surface area contributed by atoms with Crippen molar-refractivity contribution in [1.29, 1.82) is 0 Å². The molecule has 1 aromatic carbocycles. The number of hydrogen-bond acceptors (Lipinski definition) is 5. The summed E-state index contributed by atoms with van der Waals surface area (Å²) in [6.07, 6.45) is 11.2. The molecule has 0 N–H and O–H groups in total. The molecule has 0 saturated heterocycles. The lowest BCUT2D eigenvalue weighted by atomic mass is 10.1. The predicted molar refractivity (Wildman–Crippen MR) is 129 cm³/mol. The number of para-hydroxylation sites is 1. The number of pyridine rings is 2. The summed E-state index contributed by atoms with van der Waals surface area (Å²) in [5.41, 5.74) is 2.37. The van der Waals surface area contributed by atoms with Crippen LogP contribution < -0.4 is 15.0 Å². The maximum atomic E-state index is 13.5. The summed E-state index contributed by atoms with van der Waals surface area (Å²) in [6.45, 7) is 0. The van der Waals surface area contributed by atoms with Gasteiger partial charge in [-0.15, -0.1) is 0 Å². The minimum Gasteiger partial charge on any atom is -0.493 e. The van der Waals surface area contributed by atoms with Crippen LogP contribution in [0.4, 0.5) is 4.39 Å². The summed E-state index contributed by atoms with van der Waals surface area (Å²) in [5, 5.41) is 0. The topological polar surface area (TPSA) is 65.7 Å². The Morgan fingerprint density at radius 1 is 1.06 bits per heavy atom. The van der Waals surface area contributed by atoms with E-state index in [2.05, 4.69) is 4.98 Å². The molecule has 4 aromatic rings. The fourth-order valence-corrected chi connectivity index (χ4v) is 4.31. The fourth-order valence-electron chi connectivity index (χ4n) is 4.31. The molecule has 7 heteroatoms. The summed E-state index contributed by atoms with van der Waals surface area (Å²) in [5.74, 6) is 0.721. The number of methoxy groups -OCH3 is 1. The number of ether oxygens (including phenoxy) is 2. The maximum absolute atomic E-state index is 13.5. The van der Waals surface area contributed by atoms with Crippen molar-refractivity contribution < 1.29 is 13.9 Å². The normalized spacial score (nSPS) is 14.2. The van der Waals surface area contributed by atoms with Crippen LogP contribution in [-0.2, 0) is 0 Å². The second-order valence-corrected chi connectivity index (χ2v) is 8.21. The van der Waals surface area contributed by atoms with Crippen LogP contribution in [0.5, 0.6) is 11.5 Å². The fraction of sp³-hybridized carbons (Fsp3) is 0.222. The van der Waals surface area contributed by atoms with Gasteiger partial charge in [-0.3, -0.25) is 9.20 Å². The summed E-state index contributed by atoms with van der Waals surface area (Å²) in [6, 6.07) is 13.8. The Kier molecular flexibility index (Phi) is 6.08. The van der Waals surface area contributed by atoms with Crippen LogP contribution in [0.15, 0.2) is 65.7 Å². The Balaban J connectivity index is 1.63. The van der Waals surface area contributed by atoms with Crippen LogP contribution in [0.2, 0.25) is 0 Å². The van der Waals surface area contributed by atoms with Crippen molar-refractivity contribution >= 4 is 17.8 Å². The van der Waals surface area contributed by atoms with Crippen molar-refractivity contribution in [2.75, 3.05) is 7.11 Å². The van der Waals surface area contributed by atoms with E-state index in [1.807, 2.05) is 30.3 Å². The van der Waals surface area contributed by atoms with Gasteiger partial charge in [-0.1, -0.05) is 18.2 Å². The van der Waals surface area contributed by atoms with Crippen LogP contribution in [-0.4, -0.2) is 27.6 Å². The highest BCUT2D eigenvalue weighted by Crippen LogP contribution is 2.36. The van der Waals surface area contributed by atoms with Gasteiger partial charge in [0.15, 0.2) is 11.5 Å². The second kappa shape index (κ2) is 9.47. The van der Waals surface area contributed by atoms with Crippen LogP contribution in [0.25, 0.3) is 28.9 Å². The molecule has 6 nitrogen and oxygen atoms in total. The Hall–Kier alpha value is -4.00. The van der Waals surface area contributed by atoms with E-state index in [1.165, 1.54) is 22.7 Å². The minimum atomic E-state index is -0.611. The van der Waals surface area contributed by atoms with E-state index in [1.54, 1.807) is 31.5 Å². The Morgan fingerprint density at radius 2 is 1.91 bits per heavy atom. The van der Waals surface area contributed by atoms with Gasteiger partial charge in [-0.25, -0.2) is 9.97 Å². The van der Waals surface area contributed by atoms with Crippen molar-refractivity contribution in [1.82, 2.24) is 14.4 Å². The molecule has 1 saturated carbocycles. The van der Waals surface area contributed by atoms with Gasteiger partial charge in [-0.2, -0.15) is 4.39 Å². The van der Waals surface area contributed by atoms with Gasteiger partial charge in [0.1, 0.15) is 5.65 Å². The average molecular weight is 458 g/mol. The molecule has 0 aliphatic heterocycles. The van der Waals surface area contributed by atoms with Crippen LogP contribution in [0, 0.1) is 5.95 Å². The zero-order valence-electron chi connectivity index (χ0n) is 18.8. The molecule has 0 bridgehead atoms. The summed E-state index contributed by atoms with van der Waals surface area (Å²) in [7, 11) is 1.62. The van der Waals surface area contributed by atoms with E-state index >= 15 is 0 Å². The predicted octanol–water partition coefficient (Wildman–Crippen LogP) is 5.40. The molecule has 0 unspecified atom stereocenters. The lowest BCUT2D eigenvalue weighted by molar-refractivity contribution is 0.200. The third-order valence-corrected chi connectivity index (χ3v) is 6.01. The van der Waals surface area contributed by atoms with Crippen molar-refractivity contribution in [2.24, 2.45) is 0 Å². The third-order valence-electron chi connectivity index (χ3n) is 6.01. The van der Waals surface area contributed by atoms with Crippen molar-refractivity contribution in [2.45, 2.75) is 31.8 Å². The van der Waals surface area contributed by atoms with Gasteiger partial charge in [0.2, 0.25) is 5.95 Å². The third kappa shape index (κ3) is 4.29. The zero-order valence-corrected chi connectivity index (χ0v) is 18.8. The smallest absolute Gasteiger partial charge is 0.266 e. The minimum absolute atomic E-state index is 0.160. The number of aromatic nitrogens is 3. The Bertz CT molecular complexity index is 1410. The first-order chi connectivity index (χ1) is 16.6. The molecule has 0 spiro atoms. The monoisotopic (exact) mass is 457 g/mol. The number of hydrogen-bond donors (Lipinski definition) is 0. The van der Waals surface area contributed by atoms with Gasteiger partial charge in [0.05, 0.1) is 24.5 Å². The van der Waals surface area contributed by atoms with Crippen molar-refractivity contribution in [3.8, 4) is 22.6 Å². The van der Waals surface area contributed by atoms with Gasteiger partial charge >= 0.3 is 0 Å². The summed E-state index contributed by atoms with van der Waals surface area (Å²) < 4.78 is 26.8. The molecular formula is C27H24FN3O3. The zero-order chi connectivity index (χ0) is 23.5. The Morgan fingerprint density at radius 3 is 2.68 bits per heavy atom. The number of benzene rings is 1.